The number of aromatic amines is 1. The zero-order chi connectivity index (χ0) is 20.4. The van der Waals surface area contributed by atoms with E-state index in [1.54, 1.807) is 0 Å². The lowest BCUT2D eigenvalue weighted by Crippen LogP contribution is -2.35. The molecule has 3 aromatic rings. The lowest BCUT2D eigenvalue weighted by atomic mass is 9.89. The zero-order valence-corrected chi connectivity index (χ0v) is 18.5. The van der Waals surface area contributed by atoms with Gasteiger partial charge < -0.3 is 15.2 Å². The molecule has 2 aromatic carbocycles. The third-order valence-corrected chi connectivity index (χ3v) is 6.33. The summed E-state index contributed by atoms with van der Waals surface area (Å²) in [6.07, 6.45) is 4.69. The van der Waals surface area contributed by atoms with Crippen LogP contribution in [0.3, 0.4) is 0 Å². The maximum atomic E-state index is 5.67. The summed E-state index contributed by atoms with van der Waals surface area (Å²) in [7, 11) is 0. The Hall–Kier alpha value is -2.17. The summed E-state index contributed by atoms with van der Waals surface area (Å²) >= 11 is 5.67. The summed E-state index contributed by atoms with van der Waals surface area (Å²) < 4.78 is 0. The van der Waals surface area contributed by atoms with Gasteiger partial charge >= 0.3 is 0 Å². The standard InChI is InChI=1S/C25H31N3S/c1-17(2)16-28-12-10-19(11-13-28)23-15-26-24-9-8-20(14-22(23)24)27-25(29)21-7-5-4-6-18(21)3/h4-9,14-15,17,19,26H,10-13,16H2,1-3H3,(H,27,29). The lowest BCUT2D eigenvalue weighted by molar-refractivity contribution is 0.192. The predicted octanol–water partition coefficient (Wildman–Crippen LogP) is 6.10. The van der Waals surface area contributed by atoms with Crippen molar-refractivity contribution in [3.8, 4) is 0 Å². The molecule has 0 spiro atoms. The number of anilines is 1. The molecule has 0 bridgehead atoms. The fourth-order valence-electron chi connectivity index (χ4n) is 4.53. The van der Waals surface area contributed by atoms with E-state index in [0.717, 1.165) is 22.2 Å². The molecule has 4 rings (SSSR count). The molecule has 0 radical (unpaired) electrons. The Bertz CT molecular complexity index is 996. The van der Waals surface area contributed by atoms with Gasteiger partial charge in [-0.3, -0.25) is 0 Å². The largest absolute Gasteiger partial charge is 0.361 e. The lowest BCUT2D eigenvalue weighted by Gasteiger charge is -2.33. The number of aryl methyl sites for hydroxylation is 1. The van der Waals surface area contributed by atoms with E-state index in [4.69, 9.17) is 12.2 Å². The molecule has 152 valence electrons. The van der Waals surface area contributed by atoms with E-state index in [9.17, 15) is 0 Å². The van der Waals surface area contributed by atoms with Crippen molar-refractivity contribution in [2.45, 2.75) is 39.5 Å². The van der Waals surface area contributed by atoms with Gasteiger partial charge in [-0.05, 0) is 74.0 Å². The average molecular weight is 406 g/mol. The molecule has 1 aliphatic heterocycles. The highest BCUT2D eigenvalue weighted by Crippen LogP contribution is 2.34. The SMILES string of the molecule is Cc1ccccc1C(=S)Nc1ccc2[nH]cc(C3CCN(CC(C)C)CC3)c2c1. The molecule has 0 atom stereocenters. The molecule has 1 aromatic heterocycles. The molecule has 1 fully saturated rings. The number of aromatic nitrogens is 1. The number of benzene rings is 2. The van der Waals surface area contributed by atoms with E-state index in [2.05, 4.69) is 72.5 Å². The van der Waals surface area contributed by atoms with Gasteiger partial charge in [0.15, 0.2) is 0 Å². The first-order valence-corrected chi connectivity index (χ1v) is 11.1. The van der Waals surface area contributed by atoms with Gasteiger partial charge in [0.05, 0.1) is 0 Å². The summed E-state index contributed by atoms with van der Waals surface area (Å²) in [5.41, 5.74) is 6.01. The average Bonchev–Trinajstić information content (AvgIpc) is 3.11. The molecule has 1 aliphatic rings. The first-order chi connectivity index (χ1) is 14.0. The number of hydrogen-bond acceptors (Lipinski definition) is 2. The van der Waals surface area contributed by atoms with Crippen LogP contribution in [0.25, 0.3) is 10.9 Å². The highest BCUT2D eigenvalue weighted by Gasteiger charge is 2.23. The molecule has 0 aliphatic carbocycles. The normalized spacial score (nSPS) is 15.9. The number of nitrogens with zero attached hydrogens (tertiary/aromatic N) is 1. The molecule has 2 N–H and O–H groups in total. The van der Waals surface area contributed by atoms with Crippen LogP contribution in [0.15, 0.2) is 48.7 Å². The van der Waals surface area contributed by atoms with E-state index in [0.29, 0.717) is 5.92 Å². The zero-order valence-electron chi connectivity index (χ0n) is 17.7. The fraction of sp³-hybridized carbons (Fsp3) is 0.400. The second-order valence-electron chi connectivity index (χ2n) is 8.74. The first-order valence-electron chi connectivity index (χ1n) is 10.7. The Morgan fingerprint density at radius 3 is 2.66 bits per heavy atom. The summed E-state index contributed by atoms with van der Waals surface area (Å²) in [4.78, 5) is 6.87. The number of likely N-dealkylation sites (tertiary alicyclic amines) is 1. The number of hydrogen-bond donors (Lipinski definition) is 2. The summed E-state index contributed by atoms with van der Waals surface area (Å²) in [5.74, 6) is 1.37. The Labute approximate surface area is 179 Å². The van der Waals surface area contributed by atoms with Gasteiger partial charge in [0.1, 0.15) is 4.99 Å². The van der Waals surface area contributed by atoms with Crippen molar-refractivity contribution in [3.05, 3.63) is 65.4 Å². The van der Waals surface area contributed by atoms with Crippen LogP contribution in [-0.4, -0.2) is 34.5 Å². The van der Waals surface area contributed by atoms with Crippen LogP contribution in [0, 0.1) is 12.8 Å². The van der Waals surface area contributed by atoms with Crippen molar-refractivity contribution < 1.29 is 0 Å². The molecule has 3 nitrogen and oxygen atoms in total. The quantitative estimate of drug-likeness (QED) is 0.503. The van der Waals surface area contributed by atoms with Crippen molar-refractivity contribution in [2.24, 2.45) is 5.92 Å². The Kier molecular flexibility index (Phi) is 6.02. The number of fused-ring (bicyclic) bond motifs is 1. The third kappa shape index (κ3) is 4.54. The molecular formula is C25H31N3S. The van der Waals surface area contributed by atoms with Crippen molar-refractivity contribution in [1.29, 1.82) is 0 Å². The summed E-state index contributed by atoms with van der Waals surface area (Å²) in [6, 6.07) is 14.8. The van der Waals surface area contributed by atoms with E-state index in [-0.39, 0.29) is 0 Å². The van der Waals surface area contributed by atoms with Crippen molar-refractivity contribution in [1.82, 2.24) is 9.88 Å². The van der Waals surface area contributed by atoms with Gasteiger partial charge in [0.25, 0.3) is 0 Å². The molecule has 0 amide bonds. The van der Waals surface area contributed by atoms with Crippen LogP contribution < -0.4 is 5.32 Å². The van der Waals surface area contributed by atoms with Crippen LogP contribution in [0.5, 0.6) is 0 Å². The van der Waals surface area contributed by atoms with Crippen molar-refractivity contribution >= 4 is 33.8 Å². The molecule has 2 heterocycles. The predicted molar refractivity (Wildman–Crippen MR) is 128 cm³/mol. The second kappa shape index (κ2) is 8.68. The van der Waals surface area contributed by atoms with Gasteiger partial charge in [0, 0.05) is 34.9 Å². The molecule has 0 saturated carbocycles. The van der Waals surface area contributed by atoms with Gasteiger partial charge in [0.2, 0.25) is 0 Å². The molecule has 0 unspecified atom stereocenters. The van der Waals surface area contributed by atoms with Gasteiger partial charge in [-0.1, -0.05) is 50.3 Å². The van der Waals surface area contributed by atoms with Gasteiger partial charge in [-0.2, -0.15) is 0 Å². The fourth-order valence-corrected chi connectivity index (χ4v) is 4.87. The number of nitrogens with one attached hydrogen (secondary N) is 2. The Morgan fingerprint density at radius 2 is 1.93 bits per heavy atom. The third-order valence-electron chi connectivity index (χ3n) is 6.01. The van der Waals surface area contributed by atoms with E-state index in [1.165, 1.54) is 54.5 Å². The number of piperidine rings is 1. The molecule has 4 heteroatoms. The highest BCUT2D eigenvalue weighted by molar-refractivity contribution is 7.81. The van der Waals surface area contributed by atoms with Crippen LogP contribution in [0.4, 0.5) is 5.69 Å². The minimum Gasteiger partial charge on any atom is -0.361 e. The van der Waals surface area contributed by atoms with Crippen molar-refractivity contribution in [2.75, 3.05) is 25.0 Å². The van der Waals surface area contributed by atoms with Gasteiger partial charge in [-0.15, -0.1) is 0 Å². The van der Waals surface area contributed by atoms with Crippen LogP contribution in [-0.2, 0) is 0 Å². The minimum absolute atomic E-state index is 0.630. The number of rotatable bonds is 5. The van der Waals surface area contributed by atoms with E-state index in [1.807, 2.05) is 12.1 Å². The van der Waals surface area contributed by atoms with Gasteiger partial charge in [-0.25, -0.2) is 0 Å². The minimum atomic E-state index is 0.630. The molecular weight excluding hydrogens is 374 g/mol. The number of thiocarbonyl (C=S) groups is 1. The topological polar surface area (TPSA) is 31.1 Å². The monoisotopic (exact) mass is 405 g/mol. The summed E-state index contributed by atoms with van der Waals surface area (Å²) in [5, 5.41) is 4.77. The smallest absolute Gasteiger partial charge is 0.111 e. The van der Waals surface area contributed by atoms with Crippen molar-refractivity contribution in [3.63, 3.8) is 0 Å². The van der Waals surface area contributed by atoms with E-state index < -0.39 is 0 Å². The first kappa shape index (κ1) is 20.1. The van der Waals surface area contributed by atoms with E-state index >= 15 is 0 Å². The molecule has 1 saturated heterocycles. The second-order valence-corrected chi connectivity index (χ2v) is 9.15. The number of H-pyrrole nitrogens is 1. The molecule has 29 heavy (non-hydrogen) atoms. The summed E-state index contributed by atoms with van der Waals surface area (Å²) in [6.45, 7) is 10.3. The van der Waals surface area contributed by atoms with Crippen LogP contribution in [0.2, 0.25) is 0 Å². The maximum absolute atomic E-state index is 5.67. The Balaban J connectivity index is 1.51. The van der Waals surface area contributed by atoms with Crippen LogP contribution >= 0.6 is 12.2 Å². The maximum Gasteiger partial charge on any atom is 0.111 e. The van der Waals surface area contributed by atoms with Crippen LogP contribution in [0.1, 0.15) is 49.3 Å². The Morgan fingerprint density at radius 1 is 1.17 bits per heavy atom. The highest BCUT2D eigenvalue weighted by atomic mass is 32.1.